The van der Waals surface area contributed by atoms with E-state index < -0.39 is 23.7 Å². The van der Waals surface area contributed by atoms with Crippen molar-refractivity contribution in [3.63, 3.8) is 0 Å². The highest BCUT2D eigenvalue weighted by Gasteiger charge is 2.23. The molecule has 0 unspecified atom stereocenters. The predicted octanol–water partition coefficient (Wildman–Crippen LogP) is 2.32. The summed E-state index contributed by atoms with van der Waals surface area (Å²) in [4.78, 5) is 10.6. The van der Waals surface area contributed by atoms with Crippen molar-refractivity contribution in [3.8, 4) is 0 Å². The number of rotatable bonds is 5. The zero-order valence-electron chi connectivity index (χ0n) is 8.28. The van der Waals surface area contributed by atoms with Crippen LogP contribution in [-0.2, 0) is 6.54 Å². The summed E-state index contributed by atoms with van der Waals surface area (Å²) in [5.74, 6) is -1.37. The summed E-state index contributed by atoms with van der Waals surface area (Å²) < 4.78 is 26.2. The lowest BCUT2D eigenvalue weighted by Crippen LogP contribution is -2.08. The molecule has 0 fully saturated rings. The van der Waals surface area contributed by atoms with Crippen molar-refractivity contribution >= 4 is 5.97 Å². The third-order valence-corrected chi connectivity index (χ3v) is 2.04. The Hall–Kier alpha value is -1.46. The molecule has 0 radical (unpaired) electrons. The maximum absolute atomic E-state index is 12.6. The van der Waals surface area contributed by atoms with Gasteiger partial charge in [0, 0.05) is 6.54 Å². The highest BCUT2D eigenvalue weighted by Crippen LogP contribution is 2.23. The Labute approximate surface area is 85.5 Å². The Morgan fingerprint density at radius 3 is 2.80 bits per heavy atom. The molecule has 0 bridgehead atoms. The number of carboxylic acid groups (broad SMARTS) is 1. The summed E-state index contributed by atoms with van der Waals surface area (Å²) in [7, 11) is 0. The molecule has 1 aromatic heterocycles. The van der Waals surface area contributed by atoms with Crippen molar-refractivity contribution in [2.75, 3.05) is 0 Å². The quantitative estimate of drug-likeness (QED) is 0.825. The van der Waals surface area contributed by atoms with Crippen LogP contribution in [0.2, 0.25) is 0 Å². The van der Waals surface area contributed by atoms with Gasteiger partial charge < -0.3 is 5.11 Å². The molecule has 0 saturated carbocycles. The standard InChI is InChI=1S/C9H12F2N2O2/c1-2-3-4-13-7(8(10)11)6(5-12-13)9(14)15/h5,8H,2-4H2,1H3,(H,14,15). The summed E-state index contributed by atoms with van der Waals surface area (Å²) in [6.45, 7) is 2.24. The number of carboxylic acids is 1. The van der Waals surface area contributed by atoms with Gasteiger partial charge in [-0.2, -0.15) is 5.10 Å². The fourth-order valence-electron chi connectivity index (χ4n) is 1.28. The zero-order valence-corrected chi connectivity index (χ0v) is 8.28. The van der Waals surface area contributed by atoms with Crippen LogP contribution in [0.3, 0.4) is 0 Å². The zero-order chi connectivity index (χ0) is 11.4. The van der Waals surface area contributed by atoms with E-state index in [1.807, 2.05) is 6.92 Å². The molecular weight excluding hydrogens is 206 g/mol. The number of unbranched alkanes of at least 4 members (excludes halogenated alkanes) is 1. The fraction of sp³-hybridized carbons (Fsp3) is 0.556. The molecule has 1 N–H and O–H groups in total. The van der Waals surface area contributed by atoms with E-state index in [0.717, 1.165) is 17.3 Å². The van der Waals surface area contributed by atoms with Crippen molar-refractivity contribution in [3.05, 3.63) is 17.5 Å². The van der Waals surface area contributed by atoms with Crippen LogP contribution in [0.1, 0.15) is 42.2 Å². The van der Waals surface area contributed by atoms with Crippen molar-refractivity contribution in [1.82, 2.24) is 9.78 Å². The van der Waals surface area contributed by atoms with E-state index in [0.29, 0.717) is 13.0 Å². The van der Waals surface area contributed by atoms with Crippen LogP contribution in [0.25, 0.3) is 0 Å². The lowest BCUT2D eigenvalue weighted by atomic mass is 10.2. The lowest BCUT2D eigenvalue weighted by molar-refractivity contribution is 0.0682. The van der Waals surface area contributed by atoms with Gasteiger partial charge in [-0.3, -0.25) is 4.68 Å². The van der Waals surface area contributed by atoms with E-state index in [2.05, 4.69) is 5.10 Å². The Bertz CT molecular complexity index is 350. The maximum atomic E-state index is 12.6. The molecule has 0 atom stereocenters. The second-order valence-electron chi connectivity index (χ2n) is 3.13. The van der Waals surface area contributed by atoms with Gasteiger partial charge in [-0.05, 0) is 6.42 Å². The number of alkyl halides is 2. The molecular formula is C9H12F2N2O2. The van der Waals surface area contributed by atoms with Gasteiger partial charge >= 0.3 is 5.97 Å². The summed E-state index contributed by atoms with van der Waals surface area (Å²) in [6.07, 6.45) is -0.305. The Morgan fingerprint density at radius 2 is 2.33 bits per heavy atom. The first-order valence-corrected chi connectivity index (χ1v) is 4.65. The topological polar surface area (TPSA) is 55.1 Å². The molecule has 0 aliphatic carbocycles. The molecule has 6 heteroatoms. The van der Waals surface area contributed by atoms with Crippen molar-refractivity contribution in [2.24, 2.45) is 0 Å². The first-order valence-electron chi connectivity index (χ1n) is 4.65. The number of halogens is 2. The highest BCUT2D eigenvalue weighted by atomic mass is 19.3. The largest absolute Gasteiger partial charge is 0.478 e. The minimum Gasteiger partial charge on any atom is -0.478 e. The number of aromatic carboxylic acids is 1. The van der Waals surface area contributed by atoms with E-state index in [4.69, 9.17) is 5.11 Å². The average molecular weight is 218 g/mol. The second kappa shape index (κ2) is 4.86. The Kier molecular flexibility index (Phi) is 3.76. The molecule has 0 aliphatic rings. The third-order valence-electron chi connectivity index (χ3n) is 2.04. The van der Waals surface area contributed by atoms with E-state index in [1.54, 1.807) is 0 Å². The minimum absolute atomic E-state index is 0.323. The molecule has 15 heavy (non-hydrogen) atoms. The Morgan fingerprint density at radius 1 is 1.67 bits per heavy atom. The van der Waals surface area contributed by atoms with Crippen LogP contribution < -0.4 is 0 Å². The molecule has 1 heterocycles. The second-order valence-corrected chi connectivity index (χ2v) is 3.13. The summed E-state index contributed by atoms with van der Waals surface area (Å²) in [5.41, 5.74) is -0.919. The number of aryl methyl sites for hydroxylation is 1. The van der Waals surface area contributed by atoms with Crippen LogP contribution in [0.4, 0.5) is 8.78 Å². The molecule has 0 amide bonds. The van der Waals surface area contributed by atoms with E-state index in [9.17, 15) is 13.6 Å². The van der Waals surface area contributed by atoms with Crippen molar-refractivity contribution in [2.45, 2.75) is 32.7 Å². The van der Waals surface area contributed by atoms with Gasteiger partial charge in [0.1, 0.15) is 11.3 Å². The molecule has 1 aromatic rings. The van der Waals surface area contributed by atoms with Crippen LogP contribution in [0, 0.1) is 0 Å². The maximum Gasteiger partial charge on any atom is 0.339 e. The molecule has 1 rings (SSSR count). The molecule has 84 valence electrons. The third kappa shape index (κ3) is 2.51. The van der Waals surface area contributed by atoms with Crippen LogP contribution >= 0.6 is 0 Å². The van der Waals surface area contributed by atoms with Crippen molar-refractivity contribution < 1.29 is 18.7 Å². The monoisotopic (exact) mass is 218 g/mol. The first-order chi connectivity index (χ1) is 7.07. The molecule has 0 spiro atoms. The molecule has 0 saturated heterocycles. The smallest absolute Gasteiger partial charge is 0.339 e. The van der Waals surface area contributed by atoms with Gasteiger partial charge in [-0.15, -0.1) is 0 Å². The molecule has 4 nitrogen and oxygen atoms in total. The van der Waals surface area contributed by atoms with Gasteiger partial charge in [0.05, 0.1) is 6.20 Å². The number of carbonyl (C=O) groups is 1. The number of aromatic nitrogens is 2. The predicted molar refractivity (Wildman–Crippen MR) is 49.1 cm³/mol. The number of hydrogen-bond donors (Lipinski definition) is 1. The SMILES string of the molecule is CCCCn1ncc(C(=O)O)c1C(F)F. The van der Waals surface area contributed by atoms with Gasteiger partial charge in [0.25, 0.3) is 6.43 Å². The van der Waals surface area contributed by atoms with Crippen molar-refractivity contribution in [1.29, 1.82) is 0 Å². The van der Waals surface area contributed by atoms with Gasteiger partial charge in [0.15, 0.2) is 0 Å². The Balaban J connectivity index is 3.01. The number of nitrogens with zero attached hydrogens (tertiary/aromatic N) is 2. The summed E-state index contributed by atoms with van der Waals surface area (Å²) >= 11 is 0. The summed E-state index contributed by atoms with van der Waals surface area (Å²) in [6, 6.07) is 0. The van der Waals surface area contributed by atoms with Gasteiger partial charge in [0.2, 0.25) is 0 Å². The van der Waals surface area contributed by atoms with E-state index >= 15 is 0 Å². The van der Waals surface area contributed by atoms with Crippen LogP contribution in [0.15, 0.2) is 6.20 Å². The van der Waals surface area contributed by atoms with E-state index in [-0.39, 0.29) is 0 Å². The van der Waals surface area contributed by atoms with Gasteiger partial charge in [-0.1, -0.05) is 13.3 Å². The summed E-state index contributed by atoms with van der Waals surface area (Å²) in [5, 5.41) is 12.3. The molecule has 0 aromatic carbocycles. The normalized spacial score (nSPS) is 10.9. The number of hydrogen-bond acceptors (Lipinski definition) is 2. The molecule has 0 aliphatic heterocycles. The van der Waals surface area contributed by atoms with Crippen LogP contribution in [-0.4, -0.2) is 20.9 Å². The highest BCUT2D eigenvalue weighted by molar-refractivity contribution is 5.88. The lowest BCUT2D eigenvalue weighted by Gasteiger charge is -2.06. The average Bonchev–Trinajstić information content (AvgIpc) is 2.58. The first kappa shape index (κ1) is 11.6. The minimum atomic E-state index is -2.81. The van der Waals surface area contributed by atoms with Crippen LogP contribution in [0.5, 0.6) is 0 Å². The van der Waals surface area contributed by atoms with E-state index in [1.165, 1.54) is 0 Å². The fourth-order valence-corrected chi connectivity index (χ4v) is 1.28. The van der Waals surface area contributed by atoms with Gasteiger partial charge in [-0.25, -0.2) is 13.6 Å².